The van der Waals surface area contributed by atoms with Gasteiger partial charge in [0.25, 0.3) is 0 Å². The van der Waals surface area contributed by atoms with Crippen LogP contribution < -0.4 is 10.6 Å². The second-order valence-electron chi connectivity index (χ2n) is 4.24. The van der Waals surface area contributed by atoms with Crippen LogP contribution >= 0.6 is 0 Å². The largest absolute Gasteiger partial charge is 0.348 e. The van der Waals surface area contributed by atoms with Crippen molar-refractivity contribution in [3.05, 3.63) is 35.6 Å². The molecule has 0 aliphatic carbocycles. The molecule has 0 radical (unpaired) electrons. The molecular formula is C14H19FN2O2. The average Bonchev–Trinajstić information content (AvgIpc) is 2.42. The van der Waals surface area contributed by atoms with Gasteiger partial charge in [0.15, 0.2) is 0 Å². The summed E-state index contributed by atoms with van der Waals surface area (Å²) in [7, 11) is 0. The van der Waals surface area contributed by atoms with Crippen LogP contribution in [0.4, 0.5) is 4.39 Å². The molecule has 19 heavy (non-hydrogen) atoms. The highest BCUT2D eigenvalue weighted by molar-refractivity contribution is 6.35. The van der Waals surface area contributed by atoms with E-state index in [9.17, 15) is 14.0 Å². The van der Waals surface area contributed by atoms with Crippen LogP contribution in [0.15, 0.2) is 24.3 Å². The van der Waals surface area contributed by atoms with Crippen molar-refractivity contribution in [3.63, 3.8) is 0 Å². The summed E-state index contributed by atoms with van der Waals surface area (Å²) in [6.07, 6.45) is 2.91. The molecule has 4 nitrogen and oxygen atoms in total. The Morgan fingerprint density at radius 3 is 2.47 bits per heavy atom. The molecule has 0 aliphatic rings. The number of rotatable bonds is 6. The molecule has 1 aromatic carbocycles. The van der Waals surface area contributed by atoms with Gasteiger partial charge in [-0.3, -0.25) is 9.59 Å². The third-order valence-corrected chi connectivity index (χ3v) is 2.67. The summed E-state index contributed by atoms with van der Waals surface area (Å²) >= 11 is 0. The lowest BCUT2D eigenvalue weighted by molar-refractivity contribution is -0.139. The summed E-state index contributed by atoms with van der Waals surface area (Å²) in [5.41, 5.74) is 0.356. The maximum Gasteiger partial charge on any atom is 0.309 e. The molecule has 2 N–H and O–H groups in total. The Kier molecular flexibility index (Phi) is 6.57. The van der Waals surface area contributed by atoms with E-state index in [-0.39, 0.29) is 6.54 Å². The summed E-state index contributed by atoms with van der Waals surface area (Å²) in [5, 5.41) is 4.91. The van der Waals surface area contributed by atoms with Crippen molar-refractivity contribution in [2.75, 3.05) is 6.54 Å². The summed E-state index contributed by atoms with van der Waals surface area (Å²) in [4.78, 5) is 22.8. The lowest BCUT2D eigenvalue weighted by Crippen LogP contribution is -2.40. The molecule has 0 heterocycles. The Balaban J connectivity index is 2.31. The number of hydrogen-bond acceptors (Lipinski definition) is 2. The number of carbonyl (C=O) groups is 2. The minimum Gasteiger partial charge on any atom is -0.348 e. The van der Waals surface area contributed by atoms with Gasteiger partial charge < -0.3 is 10.6 Å². The van der Waals surface area contributed by atoms with Crippen LogP contribution in [0.25, 0.3) is 0 Å². The van der Waals surface area contributed by atoms with E-state index in [1.165, 1.54) is 6.07 Å². The van der Waals surface area contributed by atoms with Gasteiger partial charge in [0.2, 0.25) is 0 Å². The van der Waals surface area contributed by atoms with Gasteiger partial charge in [-0.25, -0.2) is 4.39 Å². The molecule has 0 bridgehead atoms. The van der Waals surface area contributed by atoms with Gasteiger partial charge in [-0.15, -0.1) is 0 Å². The van der Waals surface area contributed by atoms with Crippen LogP contribution in [0.5, 0.6) is 0 Å². The zero-order valence-electron chi connectivity index (χ0n) is 11.0. The van der Waals surface area contributed by atoms with Gasteiger partial charge in [0.05, 0.1) is 0 Å². The number of hydrogen-bond donors (Lipinski definition) is 2. The fraction of sp³-hybridized carbons (Fsp3) is 0.429. The second-order valence-corrected chi connectivity index (χ2v) is 4.24. The van der Waals surface area contributed by atoms with E-state index in [0.717, 1.165) is 19.3 Å². The number of unbranched alkanes of at least 4 members (excludes halogenated alkanes) is 2. The molecule has 0 atom stereocenters. The molecule has 0 aliphatic heterocycles. The van der Waals surface area contributed by atoms with Gasteiger partial charge in [0.1, 0.15) is 5.82 Å². The number of nitrogens with one attached hydrogen (secondary N) is 2. The van der Waals surface area contributed by atoms with Crippen molar-refractivity contribution in [2.24, 2.45) is 0 Å². The Labute approximate surface area is 112 Å². The Bertz CT molecular complexity index is 435. The third-order valence-electron chi connectivity index (χ3n) is 2.67. The highest BCUT2D eigenvalue weighted by Gasteiger charge is 2.12. The first-order valence-electron chi connectivity index (χ1n) is 6.44. The second kappa shape index (κ2) is 8.24. The predicted octanol–water partition coefficient (Wildman–Crippen LogP) is 1.75. The first kappa shape index (κ1) is 15.1. The predicted molar refractivity (Wildman–Crippen MR) is 70.8 cm³/mol. The molecule has 1 rings (SSSR count). The zero-order chi connectivity index (χ0) is 14.1. The fourth-order valence-corrected chi connectivity index (χ4v) is 1.55. The Morgan fingerprint density at radius 1 is 1.11 bits per heavy atom. The molecule has 0 spiro atoms. The third kappa shape index (κ3) is 5.50. The van der Waals surface area contributed by atoms with Crippen molar-refractivity contribution in [1.29, 1.82) is 0 Å². The summed E-state index contributed by atoms with van der Waals surface area (Å²) in [6, 6.07) is 6.12. The highest BCUT2D eigenvalue weighted by Crippen LogP contribution is 2.05. The first-order chi connectivity index (χ1) is 9.15. The lowest BCUT2D eigenvalue weighted by atomic mass is 10.2. The SMILES string of the molecule is CCCCCNC(=O)C(=O)NCc1ccccc1F. The van der Waals surface area contributed by atoms with E-state index in [0.29, 0.717) is 12.1 Å². The monoisotopic (exact) mass is 266 g/mol. The van der Waals surface area contributed by atoms with Gasteiger partial charge in [-0.1, -0.05) is 38.0 Å². The lowest BCUT2D eigenvalue weighted by Gasteiger charge is -2.07. The van der Waals surface area contributed by atoms with Crippen molar-refractivity contribution >= 4 is 11.8 Å². The van der Waals surface area contributed by atoms with E-state index < -0.39 is 17.6 Å². The molecule has 1 aromatic rings. The van der Waals surface area contributed by atoms with E-state index in [1.54, 1.807) is 18.2 Å². The summed E-state index contributed by atoms with van der Waals surface area (Å²) in [5.74, 6) is -1.81. The van der Waals surface area contributed by atoms with Gasteiger partial charge in [-0.2, -0.15) is 0 Å². The van der Waals surface area contributed by atoms with Crippen LogP contribution in [-0.2, 0) is 16.1 Å². The topological polar surface area (TPSA) is 58.2 Å². The molecule has 104 valence electrons. The highest BCUT2D eigenvalue weighted by atomic mass is 19.1. The zero-order valence-corrected chi connectivity index (χ0v) is 11.0. The van der Waals surface area contributed by atoms with E-state index >= 15 is 0 Å². The van der Waals surface area contributed by atoms with Gasteiger partial charge in [0, 0.05) is 18.7 Å². The molecule has 5 heteroatoms. The Morgan fingerprint density at radius 2 is 1.79 bits per heavy atom. The quantitative estimate of drug-likeness (QED) is 0.609. The van der Waals surface area contributed by atoms with E-state index in [1.807, 2.05) is 0 Å². The van der Waals surface area contributed by atoms with Crippen molar-refractivity contribution in [2.45, 2.75) is 32.7 Å². The van der Waals surface area contributed by atoms with Crippen LogP contribution in [-0.4, -0.2) is 18.4 Å². The summed E-state index contributed by atoms with van der Waals surface area (Å²) < 4.78 is 13.3. The number of benzene rings is 1. The minimum absolute atomic E-state index is 0.00782. The number of amides is 2. The normalized spacial score (nSPS) is 10.0. The van der Waals surface area contributed by atoms with Crippen molar-refractivity contribution in [3.8, 4) is 0 Å². The molecule has 0 fully saturated rings. The maximum absolute atomic E-state index is 13.3. The first-order valence-corrected chi connectivity index (χ1v) is 6.44. The van der Waals surface area contributed by atoms with Crippen LogP contribution in [0.3, 0.4) is 0 Å². The maximum atomic E-state index is 13.3. The molecular weight excluding hydrogens is 247 g/mol. The summed E-state index contributed by atoms with van der Waals surface area (Å²) in [6.45, 7) is 2.55. The standard InChI is InChI=1S/C14H19FN2O2/c1-2-3-6-9-16-13(18)14(19)17-10-11-7-4-5-8-12(11)15/h4-5,7-8H,2-3,6,9-10H2,1H3,(H,16,18)(H,17,19). The van der Waals surface area contributed by atoms with Crippen molar-refractivity contribution in [1.82, 2.24) is 10.6 Å². The molecule has 2 amide bonds. The molecule has 0 saturated heterocycles. The Hall–Kier alpha value is -1.91. The molecule has 0 aromatic heterocycles. The fourth-order valence-electron chi connectivity index (χ4n) is 1.55. The van der Waals surface area contributed by atoms with E-state index in [2.05, 4.69) is 17.6 Å². The average molecular weight is 266 g/mol. The van der Waals surface area contributed by atoms with Crippen LogP contribution in [0, 0.1) is 5.82 Å². The van der Waals surface area contributed by atoms with Gasteiger partial charge in [-0.05, 0) is 12.5 Å². The van der Waals surface area contributed by atoms with E-state index in [4.69, 9.17) is 0 Å². The molecule has 0 unspecified atom stereocenters. The van der Waals surface area contributed by atoms with Crippen LogP contribution in [0.2, 0.25) is 0 Å². The van der Waals surface area contributed by atoms with Crippen LogP contribution in [0.1, 0.15) is 31.7 Å². The number of halogens is 1. The smallest absolute Gasteiger partial charge is 0.309 e. The minimum atomic E-state index is -0.736. The molecule has 0 saturated carbocycles. The number of carbonyl (C=O) groups excluding carboxylic acids is 2. The van der Waals surface area contributed by atoms with Gasteiger partial charge >= 0.3 is 11.8 Å². The van der Waals surface area contributed by atoms with Crippen molar-refractivity contribution < 1.29 is 14.0 Å².